The Morgan fingerprint density at radius 2 is 2.10 bits per heavy atom. The largest absolute Gasteiger partial charge is 0.252 e. The van der Waals surface area contributed by atoms with Gasteiger partial charge in [0.05, 0.1) is 10.2 Å². The highest BCUT2D eigenvalue weighted by molar-refractivity contribution is 9.10. The first kappa shape index (κ1) is 14.6. The van der Waals surface area contributed by atoms with E-state index in [-0.39, 0.29) is 5.16 Å². The maximum absolute atomic E-state index is 11.6. The Morgan fingerprint density at radius 3 is 2.71 bits per heavy atom. The lowest BCUT2D eigenvalue weighted by Gasteiger charge is -2.06. The van der Waals surface area contributed by atoms with E-state index in [1.165, 1.54) is 19.0 Å². The molecule has 1 saturated carbocycles. The number of halogens is 1. The molecular weight excluding hydrogens is 358 g/mol. The molecule has 21 heavy (non-hydrogen) atoms. The van der Waals surface area contributed by atoms with Crippen LogP contribution in [0.2, 0.25) is 0 Å². The van der Waals surface area contributed by atoms with Crippen LogP contribution in [0.25, 0.3) is 11.4 Å². The smallest absolute Gasteiger partial charge is 0.247 e. The van der Waals surface area contributed by atoms with Crippen LogP contribution in [0, 0.1) is 5.92 Å². The lowest BCUT2D eigenvalue weighted by molar-refractivity contribution is 0.593. The molecule has 0 aromatic carbocycles. The van der Waals surface area contributed by atoms with Crippen molar-refractivity contribution in [2.45, 2.75) is 24.4 Å². The first-order valence-electron chi connectivity index (χ1n) is 6.48. The topological polar surface area (TPSA) is 90.6 Å². The van der Waals surface area contributed by atoms with Crippen LogP contribution in [0.4, 0.5) is 0 Å². The van der Waals surface area contributed by atoms with Gasteiger partial charge in [0.25, 0.3) is 0 Å². The van der Waals surface area contributed by atoms with Gasteiger partial charge >= 0.3 is 0 Å². The molecule has 0 amide bonds. The lowest BCUT2D eigenvalue weighted by Crippen LogP contribution is -2.06. The Hall–Kier alpha value is -1.35. The minimum absolute atomic E-state index is 0.205. The molecule has 3 rings (SSSR count). The summed E-state index contributed by atoms with van der Waals surface area (Å²) >= 11 is 3.36. The van der Waals surface area contributed by atoms with Crippen molar-refractivity contribution < 1.29 is 8.42 Å². The fourth-order valence-corrected chi connectivity index (χ4v) is 2.96. The van der Waals surface area contributed by atoms with Crippen molar-refractivity contribution in [3.05, 3.63) is 16.4 Å². The van der Waals surface area contributed by atoms with E-state index in [0.717, 1.165) is 18.4 Å². The molecule has 112 valence electrons. The summed E-state index contributed by atoms with van der Waals surface area (Å²) in [6, 6.07) is 0. The quantitative estimate of drug-likeness (QED) is 0.754. The molecule has 1 aliphatic carbocycles. The summed E-state index contributed by atoms with van der Waals surface area (Å²) in [6.45, 7) is 0. The molecular formula is C12H14BrN5O2S. The highest BCUT2D eigenvalue weighted by Crippen LogP contribution is 2.35. The summed E-state index contributed by atoms with van der Waals surface area (Å²) in [5, 5.41) is 7.99. The highest BCUT2D eigenvalue weighted by Gasteiger charge is 2.27. The third-order valence-corrected chi connectivity index (χ3v) is 4.84. The minimum atomic E-state index is -3.46. The van der Waals surface area contributed by atoms with Gasteiger partial charge in [-0.1, -0.05) is 5.21 Å². The van der Waals surface area contributed by atoms with Crippen molar-refractivity contribution >= 4 is 25.8 Å². The van der Waals surface area contributed by atoms with Gasteiger partial charge in [0.15, 0.2) is 0 Å². The number of sulfone groups is 1. The molecule has 0 saturated heterocycles. The second-order valence-corrected chi connectivity index (χ2v) is 8.04. The molecule has 1 fully saturated rings. The van der Waals surface area contributed by atoms with E-state index >= 15 is 0 Å². The minimum Gasteiger partial charge on any atom is -0.252 e. The van der Waals surface area contributed by atoms with Crippen LogP contribution in [-0.2, 0) is 23.3 Å². The Kier molecular flexibility index (Phi) is 3.56. The molecule has 1 aliphatic rings. The summed E-state index contributed by atoms with van der Waals surface area (Å²) in [4.78, 5) is 8.00. The summed E-state index contributed by atoms with van der Waals surface area (Å²) < 4.78 is 25.6. The zero-order valence-electron chi connectivity index (χ0n) is 11.6. The number of rotatable bonds is 4. The van der Waals surface area contributed by atoms with E-state index < -0.39 is 9.84 Å². The van der Waals surface area contributed by atoms with E-state index in [4.69, 9.17) is 0 Å². The van der Waals surface area contributed by atoms with Crippen molar-refractivity contribution in [3.63, 3.8) is 0 Å². The van der Waals surface area contributed by atoms with Crippen molar-refractivity contribution in [3.8, 4) is 11.4 Å². The summed E-state index contributed by atoms with van der Waals surface area (Å²) in [7, 11) is -1.63. The third kappa shape index (κ3) is 2.98. The first-order valence-corrected chi connectivity index (χ1v) is 9.16. The number of aryl methyl sites for hydroxylation is 1. The number of aromatic nitrogens is 5. The second-order valence-electron chi connectivity index (χ2n) is 5.28. The van der Waals surface area contributed by atoms with Gasteiger partial charge in [-0.15, -0.1) is 5.10 Å². The summed E-state index contributed by atoms with van der Waals surface area (Å²) in [5.74, 6) is 0.663. The molecule has 0 aliphatic heterocycles. The van der Waals surface area contributed by atoms with Gasteiger partial charge in [0.2, 0.25) is 15.0 Å². The highest BCUT2D eigenvalue weighted by atomic mass is 79.9. The van der Waals surface area contributed by atoms with Crippen LogP contribution >= 0.6 is 15.9 Å². The normalized spacial score (nSPS) is 15.4. The molecule has 0 spiro atoms. The van der Waals surface area contributed by atoms with Crippen LogP contribution < -0.4 is 0 Å². The molecule has 0 unspecified atom stereocenters. The molecule has 0 radical (unpaired) electrons. The lowest BCUT2D eigenvalue weighted by atomic mass is 10.1. The van der Waals surface area contributed by atoms with Gasteiger partial charge in [0, 0.05) is 19.5 Å². The average Bonchev–Trinajstić information content (AvgIpc) is 3.14. The van der Waals surface area contributed by atoms with Crippen molar-refractivity contribution in [1.29, 1.82) is 0 Å². The van der Waals surface area contributed by atoms with Crippen LogP contribution in [0.3, 0.4) is 0 Å². The molecule has 7 nitrogen and oxygen atoms in total. The van der Waals surface area contributed by atoms with Crippen molar-refractivity contribution in [1.82, 2.24) is 25.0 Å². The summed E-state index contributed by atoms with van der Waals surface area (Å²) in [6.07, 6.45) is 5.83. The molecule has 2 heterocycles. The van der Waals surface area contributed by atoms with E-state index in [9.17, 15) is 8.42 Å². The van der Waals surface area contributed by atoms with Crippen LogP contribution in [0.1, 0.15) is 18.5 Å². The predicted molar refractivity (Wildman–Crippen MR) is 79.3 cm³/mol. The maximum Gasteiger partial charge on any atom is 0.247 e. The molecule has 9 heteroatoms. The SMILES string of the molecule is Cn1nnc(-c2nc(S(C)(=O)=O)ncc2Br)c1CC1CC1. The maximum atomic E-state index is 11.6. The van der Waals surface area contributed by atoms with Crippen molar-refractivity contribution in [2.24, 2.45) is 13.0 Å². The van der Waals surface area contributed by atoms with Crippen LogP contribution in [0.15, 0.2) is 15.8 Å². The van der Waals surface area contributed by atoms with E-state index in [2.05, 4.69) is 36.2 Å². The standard InChI is InChI=1S/C12H14BrN5O2S/c1-18-9(5-7-3-4-7)11(16-17-18)10-8(13)6-14-12(15-10)21(2,19)20/h6-7H,3-5H2,1-2H3. The molecule has 2 aromatic heterocycles. The Labute approximate surface area is 130 Å². The van der Waals surface area contributed by atoms with Gasteiger partial charge in [-0.25, -0.2) is 18.4 Å². The fraction of sp³-hybridized carbons (Fsp3) is 0.500. The van der Waals surface area contributed by atoms with Gasteiger partial charge in [-0.2, -0.15) is 0 Å². The molecule has 0 bridgehead atoms. The molecule has 0 atom stereocenters. The van der Waals surface area contributed by atoms with Gasteiger partial charge in [-0.05, 0) is 41.1 Å². The Bertz CT molecular complexity index is 798. The van der Waals surface area contributed by atoms with Crippen LogP contribution in [0.5, 0.6) is 0 Å². The predicted octanol–water partition coefficient (Wildman–Crippen LogP) is 1.39. The van der Waals surface area contributed by atoms with Crippen LogP contribution in [-0.4, -0.2) is 39.6 Å². The molecule has 0 N–H and O–H groups in total. The Morgan fingerprint density at radius 1 is 1.38 bits per heavy atom. The average molecular weight is 372 g/mol. The van der Waals surface area contributed by atoms with Crippen molar-refractivity contribution in [2.75, 3.05) is 6.26 Å². The summed E-state index contributed by atoms with van der Waals surface area (Å²) in [5.41, 5.74) is 2.05. The van der Waals surface area contributed by atoms with Gasteiger partial charge < -0.3 is 0 Å². The monoisotopic (exact) mass is 371 g/mol. The number of hydrogen-bond acceptors (Lipinski definition) is 6. The van der Waals surface area contributed by atoms with E-state index in [1.54, 1.807) is 4.68 Å². The van der Waals surface area contributed by atoms with Gasteiger partial charge in [-0.3, -0.25) is 4.68 Å². The van der Waals surface area contributed by atoms with E-state index in [0.29, 0.717) is 21.8 Å². The zero-order valence-corrected chi connectivity index (χ0v) is 14.0. The molecule has 2 aromatic rings. The van der Waals surface area contributed by atoms with E-state index in [1.807, 2.05) is 7.05 Å². The number of hydrogen-bond donors (Lipinski definition) is 0. The van der Waals surface area contributed by atoms with Gasteiger partial charge in [0.1, 0.15) is 11.4 Å². The number of nitrogens with zero attached hydrogens (tertiary/aromatic N) is 5. The zero-order chi connectivity index (χ0) is 15.2. The third-order valence-electron chi connectivity index (χ3n) is 3.40. The Balaban J connectivity index is 2.11. The second kappa shape index (κ2) is 5.13. The fourth-order valence-electron chi connectivity index (χ4n) is 2.08. The first-order chi connectivity index (χ1) is 9.86.